The number of carbonyl (C=O) groups excluding carboxylic acids is 3. The number of Topliss-reactive ketones (excluding diaryl/α,β-unsaturated/α-hetero) is 1. The maximum atomic E-state index is 12.4. The van der Waals surface area contributed by atoms with Gasteiger partial charge in [-0.2, -0.15) is 0 Å². The van der Waals surface area contributed by atoms with Crippen LogP contribution in [0.1, 0.15) is 26.3 Å². The first-order valence-electron chi connectivity index (χ1n) is 5.63. The summed E-state index contributed by atoms with van der Waals surface area (Å²) in [5, 5.41) is 0. The highest BCUT2D eigenvalue weighted by Gasteiger charge is 2.18. The molecule has 0 amide bonds. The van der Waals surface area contributed by atoms with Crippen LogP contribution in [0.4, 0.5) is 5.69 Å². The van der Waals surface area contributed by atoms with Gasteiger partial charge in [-0.25, -0.2) is 0 Å². The van der Waals surface area contributed by atoms with Crippen molar-refractivity contribution >= 4 is 23.5 Å². The molecular formula is C15H11NO3. The zero-order valence-corrected chi connectivity index (χ0v) is 10.00. The number of ketones is 2. The van der Waals surface area contributed by atoms with Gasteiger partial charge in [-0.1, -0.05) is 36.4 Å². The molecule has 0 saturated carbocycles. The average molecular weight is 253 g/mol. The smallest absolute Gasteiger partial charge is 0.226 e. The van der Waals surface area contributed by atoms with E-state index in [1.165, 1.54) is 12.1 Å². The van der Waals surface area contributed by atoms with E-state index in [4.69, 9.17) is 5.73 Å². The van der Waals surface area contributed by atoms with Crippen LogP contribution in [-0.4, -0.2) is 17.9 Å². The van der Waals surface area contributed by atoms with Gasteiger partial charge in [-0.15, -0.1) is 0 Å². The Morgan fingerprint density at radius 2 is 1.37 bits per heavy atom. The monoisotopic (exact) mass is 253 g/mol. The van der Waals surface area contributed by atoms with Crippen LogP contribution in [0.15, 0.2) is 48.5 Å². The molecule has 0 aliphatic rings. The van der Waals surface area contributed by atoms with Crippen LogP contribution in [-0.2, 0) is 4.79 Å². The highest BCUT2D eigenvalue weighted by Crippen LogP contribution is 2.19. The number of benzene rings is 2. The van der Waals surface area contributed by atoms with Gasteiger partial charge in [0, 0.05) is 22.4 Å². The van der Waals surface area contributed by atoms with Gasteiger partial charge in [0.15, 0.2) is 12.1 Å². The van der Waals surface area contributed by atoms with Crippen LogP contribution in [0.25, 0.3) is 0 Å². The minimum absolute atomic E-state index is 0.0887. The van der Waals surface area contributed by atoms with Crippen LogP contribution >= 0.6 is 0 Å². The fraction of sp³-hybridized carbons (Fsp3) is 0. The molecule has 2 N–H and O–H groups in total. The Hall–Kier alpha value is -2.75. The number of hydrogen-bond donors (Lipinski definition) is 1. The number of para-hydroxylation sites is 1. The van der Waals surface area contributed by atoms with Crippen molar-refractivity contribution in [2.24, 2.45) is 0 Å². The first kappa shape index (κ1) is 12.7. The molecular weight excluding hydrogens is 242 g/mol. The molecule has 2 aromatic rings. The lowest BCUT2D eigenvalue weighted by Crippen LogP contribution is -2.12. The number of nitrogen functional groups attached to an aromatic ring is 1. The molecule has 0 fully saturated rings. The standard InChI is InChI=1S/C15H11NO3/c16-13-8-4-3-7-12(13)15(19)11-6-2-1-5-10(11)14(18)9-17/h1-9H,16H2. The second kappa shape index (κ2) is 5.27. The Bertz CT molecular complexity index is 662. The molecule has 0 bridgehead atoms. The summed E-state index contributed by atoms with van der Waals surface area (Å²) in [7, 11) is 0. The quantitative estimate of drug-likeness (QED) is 0.390. The van der Waals surface area contributed by atoms with Crippen molar-refractivity contribution in [3.8, 4) is 0 Å². The van der Waals surface area contributed by atoms with Gasteiger partial charge in [-0.05, 0) is 12.1 Å². The van der Waals surface area contributed by atoms with Crippen molar-refractivity contribution in [3.63, 3.8) is 0 Å². The van der Waals surface area contributed by atoms with E-state index in [0.29, 0.717) is 11.3 Å². The highest BCUT2D eigenvalue weighted by atomic mass is 16.2. The van der Waals surface area contributed by atoms with Crippen LogP contribution in [0, 0.1) is 0 Å². The predicted molar refractivity (Wildman–Crippen MR) is 71.1 cm³/mol. The first-order valence-corrected chi connectivity index (χ1v) is 5.63. The van der Waals surface area contributed by atoms with E-state index in [1.54, 1.807) is 36.4 Å². The van der Waals surface area contributed by atoms with Crippen LogP contribution < -0.4 is 5.73 Å². The van der Waals surface area contributed by atoms with E-state index < -0.39 is 5.78 Å². The van der Waals surface area contributed by atoms with Gasteiger partial charge in [-0.3, -0.25) is 14.4 Å². The fourth-order valence-corrected chi connectivity index (χ4v) is 1.81. The van der Waals surface area contributed by atoms with Gasteiger partial charge in [0.25, 0.3) is 0 Å². The summed E-state index contributed by atoms with van der Waals surface area (Å²) in [5.41, 5.74) is 6.66. The maximum absolute atomic E-state index is 12.4. The van der Waals surface area contributed by atoms with Crippen molar-refractivity contribution in [1.29, 1.82) is 0 Å². The second-order valence-electron chi connectivity index (χ2n) is 3.94. The molecule has 94 valence electrons. The molecule has 0 radical (unpaired) electrons. The van der Waals surface area contributed by atoms with Crippen molar-refractivity contribution in [1.82, 2.24) is 0 Å². The molecule has 0 saturated heterocycles. The van der Waals surface area contributed by atoms with E-state index in [0.717, 1.165) is 0 Å². The lowest BCUT2D eigenvalue weighted by molar-refractivity contribution is -0.104. The topological polar surface area (TPSA) is 77.2 Å². The molecule has 4 nitrogen and oxygen atoms in total. The van der Waals surface area contributed by atoms with E-state index in [2.05, 4.69) is 0 Å². The van der Waals surface area contributed by atoms with Gasteiger partial charge in [0.05, 0.1) is 0 Å². The van der Waals surface area contributed by atoms with Crippen molar-refractivity contribution in [3.05, 3.63) is 65.2 Å². The molecule has 0 atom stereocenters. The second-order valence-corrected chi connectivity index (χ2v) is 3.94. The lowest BCUT2D eigenvalue weighted by atomic mass is 9.95. The van der Waals surface area contributed by atoms with Gasteiger partial charge in [0.1, 0.15) is 0 Å². The summed E-state index contributed by atoms with van der Waals surface area (Å²) in [5.74, 6) is -1.10. The van der Waals surface area contributed by atoms with Gasteiger partial charge in [0.2, 0.25) is 5.78 Å². The highest BCUT2D eigenvalue weighted by molar-refractivity contribution is 6.36. The number of nitrogens with two attached hydrogens (primary N) is 1. The molecule has 4 heteroatoms. The van der Waals surface area contributed by atoms with Crippen molar-refractivity contribution < 1.29 is 14.4 Å². The molecule has 0 heterocycles. The minimum Gasteiger partial charge on any atom is -0.398 e. The third-order valence-electron chi connectivity index (χ3n) is 2.75. The Morgan fingerprint density at radius 3 is 1.95 bits per heavy atom. The van der Waals surface area contributed by atoms with E-state index >= 15 is 0 Å². The average Bonchev–Trinajstić information content (AvgIpc) is 2.46. The number of carbonyl (C=O) groups is 3. The zero-order chi connectivity index (χ0) is 13.8. The van der Waals surface area contributed by atoms with E-state index in [9.17, 15) is 14.4 Å². The molecule has 19 heavy (non-hydrogen) atoms. The Balaban J connectivity index is 2.54. The molecule has 2 rings (SSSR count). The Labute approximate surface area is 109 Å². The lowest BCUT2D eigenvalue weighted by Gasteiger charge is -2.07. The molecule has 0 spiro atoms. The zero-order valence-electron chi connectivity index (χ0n) is 10.00. The summed E-state index contributed by atoms with van der Waals surface area (Å²) < 4.78 is 0. The minimum atomic E-state index is -0.724. The molecule has 2 aromatic carbocycles. The number of aldehydes is 1. The van der Waals surface area contributed by atoms with Crippen LogP contribution in [0.3, 0.4) is 0 Å². The summed E-state index contributed by atoms with van der Waals surface area (Å²) in [6.45, 7) is 0. The summed E-state index contributed by atoms with van der Waals surface area (Å²) in [4.78, 5) is 34.5. The normalized spacial score (nSPS) is 9.89. The fourth-order valence-electron chi connectivity index (χ4n) is 1.81. The number of rotatable bonds is 4. The first-order chi connectivity index (χ1) is 9.15. The van der Waals surface area contributed by atoms with E-state index in [1.807, 2.05) is 0 Å². The Kier molecular flexibility index (Phi) is 3.52. The largest absolute Gasteiger partial charge is 0.398 e. The number of hydrogen-bond acceptors (Lipinski definition) is 4. The van der Waals surface area contributed by atoms with Crippen molar-refractivity contribution in [2.75, 3.05) is 5.73 Å². The summed E-state index contributed by atoms with van der Waals surface area (Å²) in [6, 6.07) is 12.8. The molecule has 0 unspecified atom stereocenters. The molecule has 0 aliphatic carbocycles. The van der Waals surface area contributed by atoms with Gasteiger partial charge >= 0.3 is 0 Å². The molecule has 0 aromatic heterocycles. The Morgan fingerprint density at radius 1 is 0.842 bits per heavy atom. The maximum Gasteiger partial charge on any atom is 0.226 e. The molecule has 0 aliphatic heterocycles. The number of anilines is 1. The van der Waals surface area contributed by atoms with Crippen LogP contribution in [0.5, 0.6) is 0 Å². The third kappa shape index (κ3) is 2.42. The summed E-state index contributed by atoms with van der Waals surface area (Å²) >= 11 is 0. The van der Waals surface area contributed by atoms with E-state index in [-0.39, 0.29) is 23.2 Å². The van der Waals surface area contributed by atoms with Crippen LogP contribution in [0.2, 0.25) is 0 Å². The third-order valence-corrected chi connectivity index (χ3v) is 2.75. The van der Waals surface area contributed by atoms with Crippen molar-refractivity contribution in [2.45, 2.75) is 0 Å². The SMILES string of the molecule is Nc1ccccc1C(=O)c1ccccc1C(=O)C=O. The van der Waals surface area contributed by atoms with Gasteiger partial charge < -0.3 is 5.73 Å². The summed E-state index contributed by atoms with van der Waals surface area (Å²) in [6.07, 6.45) is 0.195. The predicted octanol–water partition coefficient (Wildman–Crippen LogP) is 1.88.